The third kappa shape index (κ3) is 7.81. The van der Waals surface area contributed by atoms with Crippen LogP contribution in [-0.4, -0.2) is 10.6 Å². The highest BCUT2D eigenvalue weighted by Gasteiger charge is 2.22. The second kappa shape index (κ2) is 17.8. The molecule has 0 saturated heterocycles. The van der Waals surface area contributed by atoms with Crippen LogP contribution < -0.4 is 14.7 Å². The topological polar surface area (TPSA) is 14.7 Å². The maximum absolute atomic E-state index is 2.45. The van der Waals surface area contributed by atoms with E-state index < -0.39 is 0 Å². The number of aromatic nitrogens is 1. The lowest BCUT2D eigenvalue weighted by atomic mass is 10.0. The summed E-state index contributed by atoms with van der Waals surface area (Å²) in [4.78, 5) is 7.20. The molecule has 0 spiro atoms. The Labute approximate surface area is 388 Å². The summed E-state index contributed by atoms with van der Waals surface area (Å²) in [5.74, 6) is 0.505. The highest BCUT2D eigenvalue weighted by Crippen LogP contribution is 2.42. The van der Waals surface area contributed by atoms with Crippen LogP contribution in [0, 0.1) is 5.92 Å². The van der Waals surface area contributed by atoms with E-state index in [1.165, 1.54) is 55.6 Å². The SMILES string of the molecule is CC1C=C(n2c3ccccc3c3cc(N(c4ccccc4)c4ccc(-c5ccc(N(C6=CCc7ccccc7N(c7ccccc7)C(C)C=C6)c6ccccc6)cc5)cc4)ccc32)C=CC1. The highest BCUT2D eigenvalue weighted by molar-refractivity contribution is 6.11. The molecule has 1 aliphatic carbocycles. The van der Waals surface area contributed by atoms with Crippen molar-refractivity contribution in [2.24, 2.45) is 5.92 Å². The van der Waals surface area contributed by atoms with Gasteiger partial charge in [0.15, 0.2) is 0 Å². The van der Waals surface area contributed by atoms with E-state index in [1.54, 1.807) is 0 Å². The van der Waals surface area contributed by atoms with E-state index in [-0.39, 0.29) is 6.04 Å². The first-order chi connectivity index (χ1) is 32.6. The summed E-state index contributed by atoms with van der Waals surface area (Å²) in [6, 6.07) is 74.8. The van der Waals surface area contributed by atoms with Gasteiger partial charge in [-0.3, -0.25) is 0 Å². The normalized spacial score (nSPS) is 15.9. The lowest BCUT2D eigenvalue weighted by Crippen LogP contribution is -2.27. The summed E-state index contributed by atoms with van der Waals surface area (Å²) >= 11 is 0. The molecule has 4 heteroatoms. The predicted molar refractivity (Wildman–Crippen MR) is 281 cm³/mol. The number of fused-ring (bicyclic) bond motifs is 4. The maximum atomic E-state index is 2.45. The molecule has 0 saturated carbocycles. The number of allylic oxidation sites excluding steroid dienone is 6. The van der Waals surface area contributed by atoms with Crippen LogP contribution in [0.15, 0.2) is 248 Å². The van der Waals surface area contributed by atoms with Gasteiger partial charge in [0, 0.05) is 68.0 Å². The molecule has 1 aromatic heterocycles. The average Bonchev–Trinajstić information content (AvgIpc) is 3.73. The van der Waals surface area contributed by atoms with Crippen molar-refractivity contribution in [3.8, 4) is 11.1 Å². The van der Waals surface area contributed by atoms with E-state index in [4.69, 9.17) is 0 Å². The standard InChI is InChI=1S/C62H52N4/c1-45-17-16-25-56(43-45)66-61-28-15-13-26-58(61)59-44-57(41-42-62(59)66)65(52-23-10-5-11-24-52)55-38-32-48(33-39-55)47-30-36-54(37-31-47)64(51-21-8-4-9-22-51)53-35-29-46(2)63(50-19-6-3-7-20-50)60-27-14-12-18-49(60)34-40-53/h3-16,18-33,35-46H,17,34H2,1-2H3. The van der Waals surface area contributed by atoms with Crippen LogP contribution in [0.1, 0.15) is 25.8 Å². The lowest BCUT2D eigenvalue weighted by molar-refractivity contribution is 0.735. The van der Waals surface area contributed by atoms with Crippen molar-refractivity contribution in [2.45, 2.75) is 32.7 Å². The van der Waals surface area contributed by atoms with Crippen LogP contribution in [0.2, 0.25) is 0 Å². The molecule has 4 nitrogen and oxygen atoms in total. The van der Waals surface area contributed by atoms with Crippen LogP contribution in [0.25, 0.3) is 38.6 Å². The van der Waals surface area contributed by atoms with Crippen LogP contribution in [-0.2, 0) is 6.42 Å². The van der Waals surface area contributed by atoms with Gasteiger partial charge in [0.05, 0.1) is 11.0 Å². The van der Waals surface area contributed by atoms with Gasteiger partial charge >= 0.3 is 0 Å². The van der Waals surface area contributed by atoms with Gasteiger partial charge < -0.3 is 19.3 Å². The van der Waals surface area contributed by atoms with Crippen molar-refractivity contribution >= 4 is 67.3 Å². The maximum Gasteiger partial charge on any atom is 0.0542 e. The summed E-state index contributed by atoms with van der Waals surface area (Å²) in [6.45, 7) is 4.57. The van der Waals surface area contributed by atoms with Crippen molar-refractivity contribution in [3.63, 3.8) is 0 Å². The largest absolute Gasteiger partial charge is 0.335 e. The van der Waals surface area contributed by atoms with Crippen molar-refractivity contribution < 1.29 is 0 Å². The Balaban J connectivity index is 0.927. The van der Waals surface area contributed by atoms with Crippen molar-refractivity contribution in [3.05, 3.63) is 254 Å². The summed E-state index contributed by atoms with van der Waals surface area (Å²) in [7, 11) is 0. The summed E-state index contributed by atoms with van der Waals surface area (Å²) in [5, 5.41) is 2.50. The monoisotopic (exact) mass is 852 g/mol. The Morgan fingerprint density at radius 2 is 1.05 bits per heavy atom. The lowest BCUT2D eigenvalue weighted by Gasteiger charge is -2.31. The van der Waals surface area contributed by atoms with E-state index in [0.29, 0.717) is 5.92 Å². The molecule has 8 aromatic carbocycles. The molecule has 11 rings (SSSR count). The Morgan fingerprint density at radius 3 is 1.74 bits per heavy atom. The third-order valence-corrected chi connectivity index (χ3v) is 13.1. The Kier molecular flexibility index (Phi) is 11.0. The summed E-state index contributed by atoms with van der Waals surface area (Å²) in [5.41, 5.74) is 16.4. The summed E-state index contributed by atoms with van der Waals surface area (Å²) in [6.07, 6.45) is 15.9. The van der Waals surface area contributed by atoms with Crippen LogP contribution in [0.5, 0.6) is 0 Å². The molecule has 9 aromatic rings. The van der Waals surface area contributed by atoms with Crippen molar-refractivity contribution in [1.29, 1.82) is 0 Å². The molecule has 0 bridgehead atoms. The minimum absolute atomic E-state index is 0.117. The van der Waals surface area contributed by atoms with E-state index in [9.17, 15) is 0 Å². The third-order valence-electron chi connectivity index (χ3n) is 13.1. The Hall–Kier alpha value is -8.08. The zero-order valence-corrected chi connectivity index (χ0v) is 37.5. The fraction of sp³-hybridized carbons (Fsp3) is 0.0968. The van der Waals surface area contributed by atoms with Crippen LogP contribution >= 0.6 is 0 Å². The molecule has 0 N–H and O–H groups in total. The van der Waals surface area contributed by atoms with Gasteiger partial charge in [-0.15, -0.1) is 0 Å². The van der Waals surface area contributed by atoms with E-state index in [2.05, 4.69) is 276 Å². The highest BCUT2D eigenvalue weighted by atomic mass is 15.2. The minimum Gasteiger partial charge on any atom is -0.335 e. The second-order valence-electron chi connectivity index (χ2n) is 17.5. The quantitative estimate of drug-likeness (QED) is 0.144. The number of para-hydroxylation sites is 5. The first-order valence-electron chi connectivity index (χ1n) is 23.2. The average molecular weight is 853 g/mol. The first-order valence-corrected chi connectivity index (χ1v) is 23.2. The summed E-state index contributed by atoms with van der Waals surface area (Å²) < 4.78 is 2.43. The number of benzene rings is 8. The molecule has 0 amide bonds. The molecule has 0 radical (unpaired) electrons. The molecule has 2 unspecified atom stereocenters. The number of hydrogen-bond donors (Lipinski definition) is 0. The van der Waals surface area contributed by atoms with E-state index in [0.717, 1.165) is 47.0 Å². The van der Waals surface area contributed by atoms with Gasteiger partial charge in [-0.05, 0) is 146 Å². The van der Waals surface area contributed by atoms with Crippen LogP contribution in [0.3, 0.4) is 0 Å². The number of anilines is 7. The van der Waals surface area contributed by atoms with Gasteiger partial charge in [-0.25, -0.2) is 0 Å². The van der Waals surface area contributed by atoms with Gasteiger partial charge in [-0.1, -0.05) is 146 Å². The fourth-order valence-electron chi connectivity index (χ4n) is 9.87. The Bertz CT molecular complexity index is 3270. The van der Waals surface area contributed by atoms with Crippen LogP contribution in [0.4, 0.5) is 39.8 Å². The molecular weight excluding hydrogens is 801 g/mol. The zero-order valence-electron chi connectivity index (χ0n) is 37.5. The smallest absolute Gasteiger partial charge is 0.0542 e. The number of nitrogens with zero attached hydrogens (tertiary/aromatic N) is 4. The molecular formula is C62H52N4. The number of rotatable bonds is 9. The molecule has 0 fully saturated rings. The predicted octanol–water partition coefficient (Wildman–Crippen LogP) is 16.7. The van der Waals surface area contributed by atoms with Gasteiger partial charge in [0.1, 0.15) is 0 Å². The second-order valence-corrected chi connectivity index (χ2v) is 17.5. The minimum atomic E-state index is 0.117. The zero-order chi connectivity index (χ0) is 44.4. The molecule has 2 atom stereocenters. The van der Waals surface area contributed by atoms with E-state index >= 15 is 0 Å². The van der Waals surface area contributed by atoms with E-state index in [1.807, 2.05) is 0 Å². The molecule has 320 valence electrons. The van der Waals surface area contributed by atoms with Gasteiger partial charge in [-0.2, -0.15) is 0 Å². The van der Waals surface area contributed by atoms with Gasteiger partial charge in [0.2, 0.25) is 0 Å². The fourth-order valence-corrected chi connectivity index (χ4v) is 9.87. The Morgan fingerprint density at radius 1 is 0.485 bits per heavy atom. The van der Waals surface area contributed by atoms with Crippen molar-refractivity contribution in [2.75, 3.05) is 14.7 Å². The van der Waals surface area contributed by atoms with Gasteiger partial charge in [0.25, 0.3) is 0 Å². The number of hydrogen-bond acceptors (Lipinski definition) is 3. The molecule has 1 aliphatic heterocycles. The molecule has 66 heavy (non-hydrogen) atoms. The molecule has 2 heterocycles. The van der Waals surface area contributed by atoms with Crippen molar-refractivity contribution in [1.82, 2.24) is 4.57 Å². The first kappa shape index (κ1) is 40.7. The molecule has 2 aliphatic rings.